The fourth-order valence-corrected chi connectivity index (χ4v) is 1.35. The zero-order chi connectivity index (χ0) is 15.1. The minimum absolute atomic E-state index is 0.0372. The molecule has 1 aromatic rings. The van der Waals surface area contributed by atoms with Crippen LogP contribution in [-0.2, 0) is 4.79 Å². The quantitative estimate of drug-likeness (QED) is 0.319. The maximum absolute atomic E-state index is 10.9. The second-order valence-electron chi connectivity index (χ2n) is 3.65. The van der Waals surface area contributed by atoms with Gasteiger partial charge in [-0.2, -0.15) is 15.6 Å². The standard InChI is InChI=1S/C11H10BN5O3/c1-7(18)15-8-2-3-11(10(4-8)12(19)20)17-16-9(5-13)6-14/h2-4,17,19-20H,1H3,(H,15,18). The molecule has 0 saturated carbocycles. The summed E-state index contributed by atoms with van der Waals surface area (Å²) in [7, 11) is -1.81. The van der Waals surface area contributed by atoms with Crippen LogP contribution in [0.25, 0.3) is 0 Å². The number of benzene rings is 1. The summed E-state index contributed by atoms with van der Waals surface area (Å²) in [6, 6.07) is 7.37. The van der Waals surface area contributed by atoms with Crippen molar-refractivity contribution in [3.63, 3.8) is 0 Å². The Morgan fingerprint density at radius 2 is 2.00 bits per heavy atom. The SMILES string of the molecule is CC(=O)Nc1ccc(NN=C(C#N)C#N)c(B(O)O)c1. The van der Waals surface area contributed by atoms with E-state index in [0.29, 0.717) is 5.69 Å². The molecule has 0 aliphatic heterocycles. The number of nitrogens with one attached hydrogen (secondary N) is 2. The molecule has 0 heterocycles. The third kappa shape index (κ3) is 4.10. The van der Waals surface area contributed by atoms with E-state index in [0.717, 1.165) is 0 Å². The van der Waals surface area contributed by atoms with Crippen molar-refractivity contribution in [1.82, 2.24) is 0 Å². The molecule has 0 aliphatic rings. The summed E-state index contributed by atoms with van der Waals surface area (Å²) in [5.41, 5.74) is 2.58. The third-order valence-corrected chi connectivity index (χ3v) is 2.15. The molecule has 0 spiro atoms. The molecule has 100 valence electrons. The lowest BCUT2D eigenvalue weighted by atomic mass is 9.79. The molecule has 9 heteroatoms. The second kappa shape index (κ2) is 6.90. The summed E-state index contributed by atoms with van der Waals surface area (Å²) in [4.78, 5) is 10.9. The van der Waals surface area contributed by atoms with Crippen LogP contribution >= 0.6 is 0 Å². The number of hydrazone groups is 1. The summed E-state index contributed by atoms with van der Waals surface area (Å²) in [5.74, 6) is -0.307. The van der Waals surface area contributed by atoms with Crippen molar-refractivity contribution in [2.45, 2.75) is 6.92 Å². The van der Waals surface area contributed by atoms with Crippen molar-refractivity contribution in [2.24, 2.45) is 5.10 Å². The first kappa shape index (κ1) is 15.2. The fraction of sp³-hybridized carbons (Fsp3) is 0.0909. The Morgan fingerprint density at radius 3 is 2.50 bits per heavy atom. The average Bonchev–Trinajstić information content (AvgIpc) is 2.40. The van der Waals surface area contributed by atoms with Gasteiger partial charge in [-0.25, -0.2) is 0 Å². The smallest absolute Gasteiger partial charge is 0.423 e. The molecule has 0 unspecified atom stereocenters. The van der Waals surface area contributed by atoms with Crippen molar-refractivity contribution in [3.8, 4) is 12.1 Å². The minimum Gasteiger partial charge on any atom is -0.423 e. The average molecular weight is 271 g/mol. The molecule has 4 N–H and O–H groups in total. The monoisotopic (exact) mass is 271 g/mol. The van der Waals surface area contributed by atoms with Crippen LogP contribution in [-0.4, -0.2) is 28.8 Å². The van der Waals surface area contributed by atoms with Crippen molar-refractivity contribution in [1.29, 1.82) is 10.5 Å². The van der Waals surface area contributed by atoms with E-state index in [1.165, 1.54) is 25.1 Å². The van der Waals surface area contributed by atoms with E-state index < -0.39 is 12.8 Å². The first-order valence-electron chi connectivity index (χ1n) is 5.39. The molecule has 8 nitrogen and oxygen atoms in total. The van der Waals surface area contributed by atoms with E-state index in [1.807, 2.05) is 0 Å². The van der Waals surface area contributed by atoms with Gasteiger partial charge in [-0.3, -0.25) is 10.2 Å². The van der Waals surface area contributed by atoms with Gasteiger partial charge < -0.3 is 15.4 Å². The fourth-order valence-electron chi connectivity index (χ4n) is 1.35. The number of carbonyl (C=O) groups excluding carboxylic acids is 1. The molecule has 0 atom stereocenters. The number of rotatable bonds is 4. The van der Waals surface area contributed by atoms with Gasteiger partial charge >= 0.3 is 7.12 Å². The van der Waals surface area contributed by atoms with Gasteiger partial charge in [0.2, 0.25) is 11.6 Å². The Labute approximate surface area is 115 Å². The van der Waals surface area contributed by atoms with Gasteiger partial charge in [-0.1, -0.05) is 0 Å². The van der Waals surface area contributed by atoms with E-state index in [-0.39, 0.29) is 17.1 Å². The van der Waals surface area contributed by atoms with Crippen LogP contribution in [0.15, 0.2) is 23.3 Å². The molecule has 0 fully saturated rings. The van der Waals surface area contributed by atoms with Crippen molar-refractivity contribution in [2.75, 3.05) is 10.7 Å². The number of anilines is 2. The summed E-state index contributed by atoms with van der Waals surface area (Å²) < 4.78 is 0. The van der Waals surface area contributed by atoms with E-state index >= 15 is 0 Å². The third-order valence-electron chi connectivity index (χ3n) is 2.15. The van der Waals surface area contributed by atoms with Crippen LogP contribution in [0.4, 0.5) is 11.4 Å². The predicted molar refractivity (Wildman–Crippen MR) is 72.9 cm³/mol. The van der Waals surface area contributed by atoms with Gasteiger partial charge in [0.15, 0.2) is 0 Å². The molecular formula is C11H10BN5O3. The van der Waals surface area contributed by atoms with Gasteiger partial charge in [0, 0.05) is 18.1 Å². The molecule has 0 saturated heterocycles. The molecular weight excluding hydrogens is 261 g/mol. The Bertz CT molecular complexity index is 614. The number of nitriles is 2. The Hall–Kier alpha value is -2.88. The van der Waals surface area contributed by atoms with Crippen LogP contribution in [0.5, 0.6) is 0 Å². The van der Waals surface area contributed by atoms with Crippen LogP contribution in [0.1, 0.15) is 6.92 Å². The topological polar surface area (TPSA) is 142 Å². The van der Waals surface area contributed by atoms with Gasteiger partial charge in [0.05, 0.1) is 5.69 Å². The Kier molecular flexibility index (Phi) is 5.24. The molecule has 0 bridgehead atoms. The molecule has 20 heavy (non-hydrogen) atoms. The van der Waals surface area contributed by atoms with E-state index in [2.05, 4.69) is 15.8 Å². The normalized spacial score (nSPS) is 8.85. The van der Waals surface area contributed by atoms with Crippen LogP contribution in [0.2, 0.25) is 0 Å². The first-order chi connectivity index (χ1) is 9.47. The largest absolute Gasteiger partial charge is 0.490 e. The van der Waals surface area contributed by atoms with Crippen molar-refractivity contribution >= 4 is 35.6 Å². The zero-order valence-corrected chi connectivity index (χ0v) is 10.5. The lowest BCUT2D eigenvalue weighted by molar-refractivity contribution is -0.114. The van der Waals surface area contributed by atoms with E-state index in [9.17, 15) is 14.8 Å². The maximum Gasteiger partial charge on any atom is 0.490 e. The molecule has 0 aliphatic carbocycles. The highest BCUT2D eigenvalue weighted by atomic mass is 16.4. The van der Waals surface area contributed by atoms with Crippen molar-refractivity contribution in [3.05, 3.63) is 18.2 Å². The summed E-state index contributed by atoms with van der Waals surface area (Å²) >= 11 is 0. The predicted octanol–water partition coefficient (Wildman–Crippen LogP) is -0.860. The van der Waals surface area contributed by atoms with Gasteiger partial charge in [0.1, 0.15) is 12.1 Å². The molecule has 0 aromatic heterocycles. The summed E-state index contributed by atoms with van der Waals surface area (Å²) in [6.45, 7) is 1.32. The van der Waals surface area contributed by atoms with E-state index in [4.69, 9.17) is 10.5 Å². The minimum atomic E-state index is -1.81. The number of hydrogen-bond donors (Lipinski definition) is 4. The molecule has 1 rings (SSSR count). The number of hydrogen-bond acceptors (Lipinski definition) is 7. The highest BCUT2D eigenvalue weighted by Crippen LogP contribution is 2.12. The van der Waals surface area contributed by atoms with Crippen LogP contribution in [0, 0.1) is 22.7 Å². The van der Waals surface area contributed by atoms with Crippen LogP contribution in [0.3, 0.4) is 0 Å². The van der Waals surface area contributed by atoms with E-state index in [1.54, 1.807) is 12.1 Å². The van der Waals surface area contributed by atoms with Gasteiger partial charge in [-0.15, -0.1) is 0 Å². The van der Waals surface area contributed by atoms with Crippen molar-refractivity contribution < 1.29 is 14.8 Å². The Balaban J connectivity index is 3.09. The second-order valence-corrected chi connectivity index (χ2v) is 3.65. The maximum atomic E-state index is 10.9. The molecule has 0 radical (unpaired) electrons. The van der Waals surface area contributed by atoms with Gasteiger partial charge in [-0.05, 0) is 18.2 Å². The highest BCUT2D eigenvalue weighted by Gasteiger charge is 2.17. The number of carbonyl (C=O) groups is 1. The lowest BCUT2D eigenvalue weighted by Crippen LogP contribution is -2.32. The molecule has 1 amide bonds. The van der Waals surface area contributed by atoms with Crippen LogP contribution < -0.4 is 16.2 Å². The Morgan fingerprint density at radius 1 is 1.35 bits per heavy atom. The summed E-state index contributed by atoms with van der Waals surface area (Å²) in [5, 5.41) is 41.6. The highest BCUT2D eigenvalue weighted by molar-refractivity contribution is 6.60. The summed E-state index contributed by atoms with van der Waals surface area (Å²) in [6.07, 6.45) is 0. The first-order valence-corrected chi connectivity index (χ1v) is 5.39. The molecule has 1 aromatic carbocycles. The number of amides is 1. The lowest BCUT2D eigenvalue weighted by Gasteiger charge is -2.10. The number of nitrogens with zero attached hydrogens (tertiary/aromatic N) is 3. The van der Waals surface area contributed by atoms with Gasteiger partial charge in [0.25, 0.3) is 0 Å². The zero-order valence-electron chi connectivity index (χ0n) is 10.5.